The normalized spacial score (nSPS) is 11.1. The zero-order valence-corrected chi connectivity index (χ0v) is 15.1. The fraction of sp³-hybridized carbons (Fsp3) is 0.211. The molecule has 1 aromatic heterocycles. The van der Waals surface area contributed by atoms with Gasteiger partial charge >= 0.3 is 0 Å². The lowest BCUT2D eigenvalue weighted by Gasteiger charge is -2.06. The van der Waals surface area contributed by atoms with E-state index in [0.29, 0.717) is 6.61 Å². The summed E-state index contributed by atoms with van der Waals surface area (Å²) in [4.78, 5) is 0. The fourth-order valence-corrected chi connectivity index (χ4v) is 3.17. The molecule has 0 unspecified atom stereocenters. The molecule has 3 aromatic rings. The molecule has 0 radical (unpaired) electrons. The van der Waals surface area contributed by atoms with E-state index in [9.17, 15) is 0 Å². The Morgan fingerprint density at radius 3 is 2.64 bits per heavy atom. The number of hydrogen-bond acceptors (Lipinski definition) is 5. The molecule has 0 aliphatic rings. The van der Waals surface area contributed by atoms with Crippen molar-refractivity contribution in [2.45, 2.75) is 24.8 Å². The van der Waals surface area contributed by atoms with Crippen molar-refractivity contribution in [3.05, 3.63) is 71.5 Å². The molecule has 3 rings (SSSR count). The summed E-state index contributed by atoms with van der Waals surface area (Å²) in [6, 6.07) is 18.1. The van der Waals surface area contributed by atoms with Crippen LogP contribution in [0.4, 0.5) is 0 Å². The van der Waals surface area contributed by atoms with Gasteiger partial charge in [-0.15, -0.1) is 10.2 Å². The molecule has 1 heterocycles. The first kappa shape index (κ1) is 17.2. The minimum atomic E-state index is 0.620. The fourth-order valence-electron chi connectivity index (χ4n) is 2.28. The van der Waals surface area contributed by atoms with Gasteiger partial charge < -0.3 is 4.74 Å². The lowest BCUT2D eigenvalue weighted by atomic mass is 10.2. The summed E-state index contributed by atoms with van der Waals surface area (Å²) >= 11 is 1.61. The number of aromatic nitrogens is 3. The van der Waals surface area contributed by atoms with Gasteiger partial charge in [0.25, 0.3) is 0 Å². The van der Waals surface area contributed by atoms with Gasteiger partial charge in [0.15, 0.2) is 5.82 Å². The Balaban J connectivity index is 1.78. The van der Waals surface area contributed by atoms with E-state index >= 15 is 0 Å². The van der Waals surface area contributed by atoms with Crippen LogP contribution >= 0.6 is 11.8 Å². The molecule has 5 nitrogen and oxygen atoms in total. The molecule has 0 atom stereocenters. The molecule has 0 fully saturated rings. The summed E-state index contributed by atoms with van der Waals surface area (Å²) in [6.07, 6.45) is 1.79. The van der Waals surface area contributed by atoms with Gasteiger partial charge in [-0.05, 0) is 31.5 Å². The van der Waals surface area contributed by atoms with Gasteiger partial charge in [-0.25, -0.2) is 0 Å². The molecule has 0 N–H and O–H groups in total. The Labute approximate surface area is 151 Å². The van der Waals surface area contributed by atoms with E-state index in [0.717, 1.165) is 28.0 Å². The standard InChI is InChI=1S/C19H20N4OS/c1-3-24-18-12-8-7-11-17(18)13-20-23-15(2)21-22-19(23)25-14-16-9-5-4-6-10-16/h4-13H,3,14H2,1-2H3/b20-13-. The number of para-hydroxylation sites is 1. The van der Waals surface area contributed by atoms with Crippen LogP contribution in [0, 0.1) is 6.92 Å². The molecule has 128 valence electrons. The van der Waals surface area contributed by atoms with Crippen LogP contribution in [0.1, 0.15) is 23.9 Å². The van der Waals surface area contributed by atoms with Crippen LogP contribution in [0.25, 0.3) is 0 Å². The zero-order chi connectivity index (χ0) is 17.5. The second-order valence-electron chi connectivity index (χ2n) is 5.33. The van der Waals surface area contributed by atoms with Crippen molar-refractivity contribution >= 4 is 18.0 Å². The van der Waals surface area contributed by atoms with Gasteiger partial charge in [-0.2, -0.15) is 9.78 Å². The molecular formula is C19H20N4OS. The number of hydrogen-bond donors (Lipinski definition) is 0. The van der Waals surface area contributed by atoms with Gasteiger partial charge in [-0.3, -0.25) is 0 Å². The summed E-state index contributed by atoms with van der Waals surface area (Å²) in [6.45, 7) is 4.48. The van der Waals surface area contributed by atoms with Gasteiger partial charge in [0, 0.05) is 11.3 Å². The molecule has 0 aliphatic carbocycles. The molecule has 0 saturated carbocycles. The maximum Gasteiger partial charge on any atom is 0.212 e. The summed E-state index contributed by atoms with van der Waals surface area (Å²) in [5.74, 6) is 2.39. The first-order valence-corrected chi connectivity index (χ1v) is 9.11. The minimum Gasteiger partial charge on any atom is -0.493 e. The molecule has 25 heavy (non-hydrogen) atoms. The summed E-state index contributed by atoms with van der Waals surface area (Å²) in [5, 5.41) is 13.7. The van der Waals surface area contributed by atoms with Crippen LogP contribution in [0.15, 0.2) is 64.9 Å². The van der Waals surface area contributed by atoms with Crippen molar-refractivity contribution in [3.63, 3.8) is 0 Å². The van der Waals surface area contributed by atoms with E-state index in [4.69, 9.17) is 4.74 Å². The maximum absolute atomic E-state index is 5.64. The molecule has 0 saturated heterocycles. The van der Waals surface area contributed by atoms with Gasteiger partial charge in [0.2, 0.25) is 5.16 Å². The molecule has 2 aromatic carbocycles. The van der Waals surface area contributed by atoms with Crippen LogP contribution in [0.2, 0.25) is 0 Å². The van der Waals surface area contributed by atoms with Crippen LogP contribution in [0.3, 0.4) is 0 Å². The molecule has 0 bridgehead atoms. The lowest BCUT2D eigenvalue weighted by molar-refractivity contribution is 0.340. The van der Waals surface area contributed by atoms with Crippen LogP contribution in [-0.4, -0.2) is 27.7 Å². The van der Waals surface area contributed by atoms with Crippen molar-refractivity contribution in [1.29, 1.82) is 0 Å². The average molecular weight is 352 g/mol. The Hall–Kier alpha value is -2.60. The molecule has 6 heteroatoms. The summed E-state index contributed by atoms with van der Waals surface area (Å²) < 4.78 is 7.40. The number of ether oxygens (including phenoxy) is 1. The number of aryl methyl sites for hydroxylation is 1. The van der Waals surface area contributed by atoms with Crippen LogP contribution < -0.4 is 4.74 Å². The molecule has 0 aliphatic heterocycles. The Morgan fingerprint density at radius 2 is 1.84 bits per heavy atom. The van der Waals surface area contributed by atoms with Crippen LogP contribution in [0.5, 0.6) is 5.75 Å². The quantitative estimate of drug-likeness (QED) is 0.473. The second kappa shape index (κ2) is 8.48. The van der Waals surface area contributed by atoms with Crippen molar-refractivity contribution in [1.82, 2.24) is 14.9 Å². The second-order valence-corrected chi connectivity index (χ2v) is 6.27. The Bertz CT molecular complexity index is 846. The smallest absolute Gasteiger partial charge is 0.212 e. The number of thioether (sulfide) groups is 1. The maximum atomic E-state index is 5.64. The average Bonchev–Trinajstić information content (AvgIpc) is 3.00. The third kappa shape index (κ3) is 4.48. The van der Waals surface area contributed by atoms with Crippen LogP contribution in [-0.2, 0) is 5.75 Å². The first-order chi connectivity index (χ1) is 12.3. The predicted molar refractivity (Wildman–Crippen MR) is 101 cm³/mol. The van der Waals surface area contributed by atoms with Gasteiger partial charge in [0.1, 0.15) is 5.75 Å². The first-order valence-electron chi connectivity index (χ1n) is 8.13. The molecular weight excluding hydrogens is 332 g/mol. The van der Waals surface area contributed by atoms with Gasteiger partial charge in [0.05, 0.1) is 12.8 Å². The lowest BCUT2D eigenvalue weighted by Crippen LogP contribution is -1.99. The molecule has 0 amide bonds. The number of benzene rings is 2. The van der Waals surface area contributed by atoms with Crippen molar-refractivity contribution in [2.24, 2.45) is 5.10 Å². The van der Waals surface area contributed by atoms with E-state index in [-0.39, 0.29) is 0 Å². The van der Waals surface area contributed by atoms with Gasteiger partial charge in [-0.1, -0.05) is 54.2 Å². The van der Waals surface area contributed by atoms with E-state index in [2.05, 4.69) is 27.4 Å². The SMILES string of the molecule is CCOc1ccccc1/C=N\n1c(C)nnc1SCc1ccccc1. The third-order valence-electron chi connectivity index (χ3n) is 3.51. The summed E-state index contributed by atoms with van der Waals surface area (Å²) in [7, 11) is 0. The zero-order valence-electron chi connectivity index (χ0n) is 14.3. The van der Waals surface area contributed by atoms with Crippen molar-refractivity contribution < 1.29 is 4.74 Å². The number of rotatable bonds is 7. The van der Waals surface area contributed by atoms with E-state index < -0.39 is 0 Å². The third-order valence-corrected chi connectivity index (χ3v) is 4.50. The topological polar surface area (TPSA) is 52.3 Å². The highest BCUT2D eigenvalue weighted by molar-refractivity contribution is 7.98. The number of nitrogens with zero attached hydrogens (tertiary/aromatic N) is 4. The largest absolute Gasteiger partial charge is 0.493 e. The predicted octanol–water partition coefficient (Wildman–Crippen LogP) is 4.16. The van der Waals surface area contributed by atoms with Crippen molar-refractivity contribution in [2.75, 3.05) is 6.61 Å². The van der Waals surface area contributed by atoms with Crippen molar-refractivity contribution in [3.8, 4) is 5.75 Å². The minimum absolute atomic E-state index is 0.620. The van der Waals surface area contributed by atoms with E-state index in [1.54, 1.807) is 22.7 Å². The highest BCUT2D eigenvalue weighted by atomic mass is 32.2. The highest BCUT2D eigenvalue weighted by Gasteiger charge is 2.09. The van der Waals surface area contributed by atoms with E-state index in [1.807, 2.05) is 56.3 Å². The summed E-state index contributed by atoms with van der Waals surface area (Å²) in [5.41, 5.74) is 2.17. The molecule has 0 spiro atoms. The highest BCUT2D eigenvalue weighted by Crippen LogP contribution is 2.22. The Kier molecular flexibility index (Phi) is 5.85. The monoisotopic (exact) mass is 352 g/mol. The Morgan fingerprint density at radius 1 is 1.08 bits per heavy atom. The van der Waals surface area contributed by atoms with E-state index in [1.165, 1.54) is 5.56 Å².